The summed E-state index contributed by atoms with van der Waals surface area (Å²) < 4.78 is 26.4. The smallest absolute Gasteiger partial charge is 0.261 e. The highest BCUT2D eigenvalue weighted by molar-refractivity contribution is 7.89. The third-order valence-electron chi connectivity index (χ3n) is 4.68. The van der Waals surface area contributed by atoms with Gasteiger partial charge in [0.05, 0.1) is 5.75 Å². The SMILES string of the molecule is O=C(NO)[C@H]1CCCN1S(=O)(=O)CCc1ccc(-c2ccccc2)cc1. The van der Waals surface area contributed by atoms with Gasteiger partial charge < -0.3 is 0 Å². The van der Waals surface area contributed by atoms with Crippen molar-refractivity contribution in [3.63, 3.8) is 0 Å². The van der Waals surface area contributed by atoms with Crippen LogP contribution >= 0.6 is 0 Å². The van der Waals surface area contributed by atoms with E-state index in [9.17, 15) is 13.2 Å². The first kappa shape index (κ1) is 18.6. The van der Waals surface area contributed by atoms with Crippen molar-refractivity contribution < 1.29 is 18.4 Å². The predicted molar refractivity (Wildman–Crippen MR) is 99.0 cm³/mol. The first-order chi connectivity index (χ1) is 12.5. The predicted octanol–water partition coefficient (Wildman–Crippen LogP) is 2.20. The maximum atomic E-state index is 12.6. The van der Waals surface area contributed by atoms with Crippen LogP contribution in [0.25, 0.3) is 11.1 Å². The average molecular weight is 374 g/mol. The lowest BCUT2D eigenvalue weighted by Crippen LogP contribution is -2.46. The van der Waals surface area contributed by atoms with E-state index in [4.69, 9.17) is 5.21 Å². The van der Waals surface area contributed by atoms with Gasteiger partial charge in [-0.05, 0) is 36.0 Å². The van der Waals surface area contributed by atoms with Crippen LogP contribution in [0.1, 0.15) is 18.4 Å². The molecule has 0 aromatic heterocycles. The molecule has 1 saturated heterocycles. The second-order valence-corrected chi connectivity index (χ2v) is 8.41. The largest absolute Gasteiger partial charge is 0.289 e. The summed E-state index contributed by atoms with van der Waals surface area (Å²) in [6.07, 6.45) is 1.42. The minimum absolute atomic E-state index is 0.0626. The Kier molecular flexibility index (Phi) is 5.70. The molecule has 0 aliphatic carbocycles. The van der Waals surface area contributed by atoms with E-state index in [-0.39, 0.29) is 5.75 Å². The summed E-state index contributed by atoms with van der Waals surface area (Å²) in [6.45, 7) is 0.313. The van der Waals surface area contributed by atoms with Crippen molar-refractivity contribution in [2.45, 2.75) is 25.3 Å². The van der Waals surface area contributed by atoms with Gasteiger partial charge in [0.15, 0.2) is 0 Å². The summed E-state index contributed by atoms with van der Waals surface area (Å²) in [5, 5.41) is 8.79. The molecule has 3 rings (SSSR count). The maximum Gasteiger partial charge on any atom is 0.261 e. The van der Waals surface area contributed by atoms with Gasteiger partial charge in [0.25, 0.3) is 5.91 Å². The summed E-state index contributed by atoms with van der Waals surface area (Å²) in [7, 11) is -3.56. The molecule has 2 aromatic carbocycles. The van der Waals surface area contributed by atoms with Crippen LogP contribution in [0.5, 0.6) is 0 Å². The number of rotatable bonds is 6. The van der Waals surface area contributed by atoms with E-state index >= 15 is 0 Å². The van der Waals surface area contributed by atoms with Gasteiger partial charge in [0, 0.05) is 6.54 Å². The van der Waals surface area contributed by atoms with Gasteiger partial charge in [-0.25, -0.2) is 13.9 Å². The standard InChI is InChI=1S/C19H22N2O4S/c22-19(20-23)18-7-4-13-21(18)26(24,25)14-12-15-8-10-17(11-9-15)16-5-2-1-3-6-16/h1-3,5-6,8-11,18,23H,4,7,12-14H2,(H,20,22)/t18-/m1/s1. The van der Waals surface area contributed by atoms with Gasteiger partial charge in [0.1, 0.15) is 6.04 Å². The van der Waals surface area contributed by atoms with Crippen LogP contribution in [-0.4, -0.2) is 42.2 Å². The second kappa shape index (κ2) is 7.99. The fourth-order valence-electron chi connectivity index (χ4n) is 3.27. The van der Waals surface area contributed by atoms with Crippen LogP contribution < -0.4 is 5.48 Å². The van der Waals surface area contributed by atoms with E-state index in [0.29, 0.717) is 25.8 Å². The number of carbonyl (C=O) groups excluding carboxylic acids is 1. The molecule has 0 unspecified atom stereocenters. The molecule has 0 saturated carbocycles. The number of carbonyl (C=O) groups is 1. The fourth-order valence-corrected chi connectivity index (χ4v) is 4.99. The molecule has 2 N–H and O–H groups in total. The molecular weight excluding hydrogens is 352 g/mol. The quantitative estimate of drug-likeness (QED) is 0.599. The zero-order valence-corrected chi connectivity index (χ0v) is 15.2. The minimum atomic E-state index is -3.56. The molecule has 0 bridgehead atoms. The average Bonchev–Trinajstić information content (AvgIpc) is 3.18. The van der Waals surface area contributed by atoms with Crippen molar-refractivity contribution in [2.75, 3.05) is 12.3 Å². The summed E-state index contributed by atoms with van der Waals surface area (Å²) in [5.41, 5.74) is 4.68. The zero-order chi connectivity index (χ0) is 18.6. The number of benzene rings is 2. The Hall–Kier alpha value is -2.22. The van der Waals surface area contributed by atoms with Crippen molar-refractivity contribution in [1.29, 1.82) is 0 Å². The van der Waals surface area contributed by atoms with Crippen molar-refractivity contribution >= 4 is 15.9 Å². The Morgan fingerprint density at radius 2 is 1.73 bits per heavy atom. The number of nitrogens with one attached hydrogen (secondary N) is 1. The summed E-state index contributed by atoms with van der Waals surface area (Å²) in [4.78, 5) is 11.7. The van der Waals surface area contributed by atoms with E-state index in [0.717, 1.165) is 16.7 Å². The van der Waals surface area contributed by atoms with Gasteiger partial charge in [-0.1, -0.05) is 54.6 Å². The molecule has 1 heterocycles. The Morgan fingerprint density at radius 3 is 2.38 bits per heavy atom. The van der Waals surface area contributed by atoms with Crippen LogP contribution in [0.4, 0.5) is 0 Å². The van der Waals surface area contributed by atoms with E-state index in [1.807, 2.05) is 54.6 Å². The molecule has 6 nitrogen and oxygen atoms in total. The summed E-state index contributed by atoms with van der Waals surface area (Å²) in [5.74, 6) is -0.731. The van der Waals surface area contributed by atoms with Crippen molar-refractivity contribution in [3.05, 3.63) is 60.2 Å². The number of aryl methyl sites for hydroxylation is 1. The van der Waals surface area contributed by atoms with Crippen molar-refractivity contribution in [3.8, 4) is 11.1 Å². The van der Waals surface area contributed by atoms with E-state index in [1.54, 1.807) is 5.48 Å². The monoisotopic (exact) mass is 374 g/mol. The fraction of sp³-hybridized carbons (Fsp3) is 0.316. The number of hydroxylamine groups is 1. The third kappa shape index (κ3) is 4.12. The first-order valence-corrected chi connectivity index (χ1v) is 10.2. The Labute approximate surface area is 153 Å². The van der Waals surface area contributed by atoms with Crippen LogP contribution in [0, 0.1) is 0 Å². The maximum absolute atomic E-state index is 12.6. The number of nitrogens with zero attached hydrogens (tertiary/aromatic N) is 1. The van der Waals surface area contributed by atoms with E-state index < -0.39 is 22.0 Å². The Bertz CT molecular complexity index is 851. The van der Waals surface area contributed by atoms with Gasteiger partial charge in [0.2, 0.25) is 10.0 Å². The molecule has 1 atom stereocenters. The van der Waals surface area contributed by atoms with Gasteiger partial charge in [-0.3, -0.25) is 10.0 Å². The van der Waals surface area contributed by atoms with Gasteiger partial charge >= 0.3 is 0 Å². The Balaban J connectivity index is 1.65. The van der Waals surface area contributed by atoms with Gasteiger partial charge in [-0.2, -0.15) is 4.31 Å². The molecule has 7 heteroatoms. The molecule has 26 heavy (non-hydrogen) atoms. The second-order valence-electron chi connectivity index (χ2n) is 6.37. The molecule has 1 aliphatic rings. The molecule has 138 valence electrons. The lowest BCUT2D eigenvalue weighted by atomic mass is 10.0. The van der Waals surface area contributed by atoms with Crippen LogP contribution in [0.15, 0.2) is 54.6 Å². The topological polar surface area (TPSA) is 86.7 Å². The number of sulfonamides is 1. The zero-order valence-electron chi connectivity index (χ0n) is 14.3. The summed E-state index contributed by atoms with van der Waals surface area (Å²) >= 11 is 0. The highest BCUT2D eigenvalue weighted by Gasteiger charge is 2.38. The molecule has 0 radical (unpaired) electrons. The van der Waals surface area contributed by atoms with Crippen molar-refractivity contribution in [1.82, 2.24) is 9.79 Å². The molecule has 2 aromatic rings. The van der Waals surface area contributed by atoms with Crippen LogP contribution in [-0.2, 0) is 21.2 Å². The highest BCUT2D eigenvalue weighted by Crippen LogP contribution is 2.23. The first-order valence-electron chi connectivity index (χ1n) is 8.59. The van der Waals surface area contributed by atoms with E-state index in [2.05, 4.69) is 0 Å². The molecule has 1 fully saturated rings. The number of amides is 1. The van der Waals surface area contributed by atoms with Crippen molar-refractivity contribution in [2.24, 2.45) is 0 Å². The molecule has 1 amide bonds. The molecule has 1 aliphatic heterocycles. The lowest BCUT2D eigenvalue weighted by molar-refractivity contribution is -0.132. The molecular formula is C19H22N2O4S. The highest BCUT2D eigenvalue weighted by atomic mass is 32.2. The van der Waals surface area contributed by atoms with Gasteiger partial charge in [-0.15, -0.1) is 0 Å². The van der Waals surface area contributed by atoms with Crippen LogP contribution in [0.3, 0.4) is 0 Å². The Morgan fingerprint density at radius 1 is 1.08 bits per heavy atom. The summed E-state index contributed by atoms with van der Waals surface area (Å²) in [6, 6.07) is 17.0. The minimum Gasteiger partial charge on any atom is -0.289 e. The molecule has 0 spiro atoms. The number of hydrogen-bond acceptors (Lipinski definition) is 4. The lowest BCUT2D eigenvalue weighted by Gasteiger charge is -2.22. The number of hydrogen-bond donors (Lipinski definition) is 2. The van der Waals surface area contributed by atoms with E-state index in [1.165, 1.54) is 4.31 Å². The van der Waals surface area contributed by atoms with Crippen LogP contribution in [0.2, 0.25) is 0 Å². The normalized spacial score (nSPS) is 18.0. The third-order valence-corrected chi connectivity index (χ3v) is 6.56.